The van der Waals surface area contributed by atoms with Crippen LogP contribution in [0.1, 0.15) is 17.3 Å². The van der Waals surface area contributed by atoms with Crippen LogP contribution in [0.15, 0.2) is 22.7 Å². The van der Waals surface area contributed by atoms with Crippen molar-refractivity contribution in [1.29, 1.82) is 0 Å². The lowest BCUT2D eigenvalue weighted by atomic mass is 10.2. The summed E-state index contributed by atoms with van der Waals surface area (Å²) in [6.45, 7) is 4.82. The van der Waals surface area contributed by atoms with Gasteiger partial charge in [0, 0.05) is 43.3 Å². The molecule has 8 heteroatoms. The van der Waals surface area contributed by atoms with E-state index in [1.54, 1.807) is 12.1 Å². The van der Waals surface area contributed by atoms with Gasteiger partial charge >= 0.3 is 0 Å². The summed E-state index contributed by atoms with van der Waals surface area (Å²) in [5.41, 5.74) is 6.02. The Labute approximate surface area is 139 Å². The normalized spacial score (nSPS) is 16.8. The fraction of sp³-hybridized carbons (Fsp3) is 0.467. The molecule has 1 aromatic heterocycles. The first-order valence-electron chi connectivity index (χ1n) is 7.55. The minimum atomic E-state index is -0.249. The van der Waals surface area contributed by atoms with Gasteiger partial charge < -0.3 is 10.3 Å². The van der Waals surface area contributed by atoms with Crippen molar-refractivity contribution in [3.05, 3.63) is 46.3 Å². The predicted molar refractivity (Wildman–Crippen MR) is 84.2 cm³/mol. The third-order valence-electron chi connectivity index (χ3n) is 3.96. The molecule has 0 aliphatic carbocycles. The van der Waals surface area contributed by atoms with Gasteiger partial charge in [-0.3, -0.25) is 9.80 Å². The van der Waals surface area contributed by atoms with E-state index < -0.39 is 0 Å². The highest BCUT2D eigenvalue weighted by atomic mass is 35.5. The molecule has 0 spiro atoms. The highest BCUT2D eigenvalue weighted by molar-refractivity contribution is 6.31. The van der Waals surface area contributed by atoms with Crippen LogP contribution in [0, 0.1) is 5.82 Å². The van der Waals surface area contributed by atoms with Crippen LogP contribution in [0.4, 0.5) is 4.39 Å². The van der Waals surface area contributed by atoms with Gasteiger partial charge in [0.2, 0.25) is 5.89 Å². The zero-order valence-electron chi connectivity index (χ0n) is 12.7. The molecule has 0 saturated carbocycles. The summed E-state index contributed by atoms with van der Waals surface area (Å²) in [7, 11) is 0. The van der Waals surface area contributed by atoms with Gasteiger partial charge in [-0.2, -0.15) is 4.98 Å². The van der Waals surface area contributed by atoms with Crippen molar-refractivity contribution in [2.75, 3.05) is 26.2 Å². The molecule has 0 amide bonds. The Bertz CT molecular complexity index is 637. The van der Waals surface area contributed by atoms with Crippen LogP contribution in [-0.2, 0) is 19.6 Å². The lowest BCUT2D eigenvalue weighted by Crippen LogP contribution is -2.45. The van der Waals surface area contributed by atoms with E-state index in [4.69, 9.17) is 21.9 Å². The Hall–Kier alpha value is -1.54. The average molecular weight is 340 g/mol. The number of aromatic nitrogens is 2. The molecule has 1 saturated heterocycles. The highest BCUT2D eigenvalue weighted by Gasteiger charge is 2.20. The molecular formula is C15H19ClFN5O. The van der Waals surface area contributed by atoms with E-state index in [1.165, 1.54) is 6.07 Å². The largest absolute Gasteiger partial charge is 0.338 e. The van der Waals surface area contributed by atoms with Gasteiger partial charge in [0.25, 0.3) is 0 Å². The highest BCUT2D eigenvalue weighted by Crippen LogP contribution is 2.21. The first-order valence-corrected chi connectivity index (χ1v) is 7.92. The van der Waals surface area contributed by atoms with Crippen LogP contribution in [0.2, 0.25) is 5.02 Å². The van der Waals surface area contributed by atoms with Crippen molar-refractivity contribution < 1.29 is 8.91 Å². The zero-order chi connectivity index (χ0) is 16.2. The molecule has 1 aliphatic heterocycles. The van der Waals surface area contributed by atoms with Crippen molar-refractivity contribution >= 4 is 11.6 Å². The molecule has 2 heterocycles. The van der Waals surface area contributed by atoms with Gasteiger partial charge in [0.1, 0.15) is 5.82 Å². The Kier molecular flexibility index (Phi) is 5.22. The summed E-state index contributed by atoms with van der Waals surface area (Å²) in [5.74, 6) is 0.852. The summed E-state index contributed by atoms with van der Waals surface area (Å²) < 4.78 is 18.8. The monoisotopic (exact) mass is 339 g/mol. The third-order valence-corrected chi connectivity index (χ3v) is 4.31. The lowest BCUT2D eigenvalue weighted by Gasteiger charge is -2.34. The van der Waals surface area contributed by atoms with Crippen LogP contribution >= 0.6 is 11.6 Å². The second-order valence-electron chi connectivity index (χ2n) is 5.56. The number of nitrogens with zero attached hydrogens (tertiary/aromatic N) is 4. The topological polar surface area (TPSA) is 71.4 Å². The smallest absolute Gasteiger partial charge is 0.240 e. The Morgan fingerprint density at radius 2 is 1.87 bits per heavy atom. The number of benzene rings is 1. The summed E-state index contributed by atoms with van der Waals surface area (Å²) in [6, 6.07) is 4.80. The van der Waals surface area contributed by atoms with Crippen molar-refractivity contribution in [2.24, 2.45) is 5.73 Å². The number of hydrogen-bond donors (Lipinski definition) is 1. The maximum Gasteiger partial charge on any atom is 0.240 e. The summed E-state index contributed by atoms with van der Waals surface area (Å²) >= 11 is 6.09. The van der Waals surface area contributed by atoms with Crippen molar-refractivity contribution in [2.45, 2.75) is 19.6 Å². The number of halogens is 2. The predicted octanol–water partition coefficient (Wildman–Crippen LogP) is 1.64. The molecule has 2 N–H and O–H groups in total. The molecule has 2 aromatic rings. The number of piperazine rings is 1. The Balaban J connectivity index is 1.52. The van der Waals surface area contributed by atoms with Gasteiger partial charge in [-0.05, 0) is 12.1 Å². The van der Waals surface area contributed by atoms with E-state index in [0.29, 0.717) is 35.4 Å². The second-order valence-corrected chi connectivity index (χ2v) is 5.97. The van der Waals surface area contributed by atoms with E-state index in [9.17, 15) is 4.39 Å². The van der Waals surface area contributed by atoms with Gasteiger partial charge in [-0.25, -0.2) is 4.39 Å². The van der Waals surface area contributed by atoms with E-state index in [-0.39, 0.29) is 12.4 Å². The Morgan fingerprint density at radius 1 is 1.17 bits per heavy atom. The van der Waals surface area contributed by atoms with E-state index in [2.05, 4.69) is 19.9 Å². The molecule has 1 fully saturated rings. The number of rotatable bonds is 5. The molecule has 0 radical (unpaired) electrons. The van der Waals surface area contributed by atoms with Crippen LogP contribution in [0.5, 0.6) is 0 Å². The molecule has 1 aliphatic rings. The Morgan fingerprint density at radius 3 is 2.48 bits per heavy atom. The van der Waals surface area contributed by atoms with Crippen LogP contribution < -0.4 is 5.73 Å². The molecular weight excluding hydrogens is 321 g/mol. The van der Waals surface area contributed by atoms with Crippen molar-refractivity contribution in [3.63, 3.8) is 0 Å². The van der Waals surface area contributed by atoms with Gasteiger partial charge in [-0.15, -0.1) is 0 Å². The standard InChI is InChI=1S/C15H19ClFN5O/c16-12-2-1-3-13(17)11(12)9-21-4-6-22(7-5-21)10-14-19-15(8-18)23-20-14/h1-3H,4-10,18H2. The summed E-state index contributed by atoms with van der Waals surface area (Å²) in [5, 5.41) is 4.38. The van der Waals surface area contributed by atoms with Gasteiger partial charge in [0.15, 0.2) is 5.82 Å². The summed E-state index contributed by atoms with van der Waals surface area (Å²) in [6.07, 6.45) is 0. The zero-order valence-corrected chi connectivity index (χ0v) is 13.5. The molecule has 3 rings (SSSR count). The molecule has 0 atom stereocenters. The SMILES string of the molecule is NCc1nc(CN2CCN(Cc3c(F)cccc3Cl)CC2)no1. The minimum absolute atomic E-state index is 0.249. The average Bonchev–Trinajstić information content (AvgIpc) is 3.00. The molecule has 23 heavy (non-hydrogen) atoms. The van der Waals surface area contributed by atoms with Crippen molar-refractivity contribution in [1.82, 2.24) is 19.9 Å². The minimum Gasteiger partial charge on any atom is -0.338 e. The van der Waals surface area contributed by atoms with Crippen molar-refractivity contribution in [3.8, 4) is 0 Å². The van der Waals surface area contributed by atoms with Crippen LogP contribution in [-0.4, -0.2) is 46.1 Å². The second kappa shape index (κ2) is 7.35. The number of hydrogen-bond acceptors (Lipinski definition) is 6. The molecule has 1 aromatic carbocycles. The van der Waals surface area contributed by atoms with Crippen LogP contribution in [0.25, 0.3) is 0 Å². The van der Waals surface area contributed by atoms with Gasteiger partial charge in [-0.1, -0.05) is 22.8 Å². The lowest BCUT2D eigenvalue weighted by molar-refractivity contribution is 0.118. The van der Waals surface area contributed by atoms with E-state index in [1.807, 2.05) is 0 Å². The molecule has 6 nitrogen and oxygen atoms in total. The van der Waals surface area contributed by atoms with Crippen LogP contribution in [0.3, 0.4) is 0 Å². The summed E-state index contributed by atoms with van der Waals surface area (Å²) in [4.78, 5) is 8.65. The first-order chi connectivity index (χ1) is 11.2. The molecule has 0 unspecified atom stereocenters. The fourth-order valence-electron chi connectivity index (χ4n) is 2.65. The number of nitrogens with two attached hydrogens (primary N) is 1. The maximum atomic E-state index is 13.8. The molecule has 0 bridgehead atoms. The van der Waals surface area contributed by atoms with Gasteiger partial charge in [0.05, 0.1) is 13.1 Å². The first kappa shape index (κ1) is 16.3. The van der Waals surface area contributed by atoms with E-state index >= 15 is 0 Å². The third kappa shape index (κ3) is 4.06. The quantitative estimate of drug-likeness (QED) is 0.893. The molecule has 124 valence electrons. The fourth-order valence-corrected chi connectivity index (χ4v) is 2.87. The van der Waals surface area contributed by atoms with E-state index in [0.717, 1.165) is 26.2 Å². The maximum absolute atomic E-state index is 13.8.